The van der Waals surface area contributed by atoms with Crippen LogP contribution in [0.25, 0.3) is 0 Å². The summed E-state index contributed by atoms with van der Waals surface area (Å²) in [5.41, 5.74) is 2.27. The number of guanidine groups is 1. The molecular weight excluding hydrogens is 432 g/mol. The molecular formula is C19H25FIN3O. The van der Waals surface area contributed by atoms with Gasteiger partial charge < -0.3 is 15.0 Å². The Morgan fingerprint density at radius 1 is 1.08 bits per heavy atom. The highest BCUT2D eigenvalue weighted by molar-refractivity contribution is 14.0. The van der Waals surface area contributed by atoms with E-state index in [4.69, 9.17) is 4.74 Å². The largest absolute Gasteiger partial charge is 0.497 e. The maximum absolute atomic E-state index is 12.9. The van der Waals surface area contributed by atoms with Gasteiger partial charge in [-0.1, -0.05) is 24.3 Å². The average molecular weight is 457 g/mol. The zero-order valence-corrected chi connectivity index (χ0v) is 17.2. The molecule has 0 unspecified atom stereocenters. The van der Waals surface area contributed by atoms with Gasteiger partial charge in [-0.15, -0.1) is 24.0 Å². The minimum Gasteiger partial charge on any atom is -0.497 e. The number of hydrogen-bond donors (Lipinski definition) is 1. The van der Waals surface area contributed by atoms with Gasteiger partial charge in [-0.3, -0.25) is 4.99 Å². The standard InChI is InChI=1S/C19H24FN3O.HI/c1-21-19(22-13-12-15-4-8-17(20)9-5-15)23(2)14-16-6-10-18(24-3)11-7-16;/h4-11H,12-14H2,1-3H3,(H,21,22);1H. The van der Waals surface area contributed by atoms with Crippen molar-refractivity contribution in [2.24, 2.45) is 4.99 Å². The van der Waals surface area contributed by atoms with Crippen LogP contribution >= 0.6 is 24.0 Å². The van der Waals surface area contributed by atoms with Crippen LogP contribution in [0, 0.1) is 5.82 Å². The third-order valence-corrected chi connectivity index (χ3v) is 3.76. The first kappa shape index (κ1) is 21.2. The van der Waals surface area contributed by atoms with Crippen molar-refractivity contribution in [2.45, 2.75) is 13.0 Å². The summed E-state index contributed by atoms with van der Waals surface area (Å²) in [5.74, 6) is 1.47. The Balaban J connectivity index is 0.00000312. The van der Waals surface area contributed by atoms with Gasteiger partial charge in [-0.25, -0.2) is 4.39 Å². The van der Waals surface area contributed by atoms with E-state index in [1.54, 1.807) is 26.3 Å². The topological polar surface area (TPSA) is 36.9 Å². The van der Waals surface area contributed by atoms with Crippen LogP contribution in [0.2, 0.25) is 0 Å². The Morgan fingerprint density at radius 2 is 1.68 bits per heavy atom. The number of halogens is 2. The Morgan fingerprint density at radius 3 is 2.24 bits per heavy atom. The van der Waals surface area contributed by atoms with E-state index < -0.39 is 0 Å². The molecule has 0 saturated carbocycles. The van der Waals surface area contributed by atoms with Crippen LogP contribution < -0.4 is 10.1 Å². The second-order valence-electron chi connectivity index (χ2n) is 5.55. The van der Waals surface area contributed by atoms with Crippen LogP contribution in [-0.4, -0.2) is 38.6 Å². The van der Waals surface area contributed by atoms with Gasteiger partial charge in [0.25, 0.3) is 0 Å². The molecule has 2 aromatic rings. The summed E-state index contributed by atoms with van der Waals surface area (Å²) < 4.78 is 18.1. The van der Waals surface area contributed by atoms with E-state index >= 15 is 0 Å². The molecule has 2 rings (SSSR count). The normalized spacial score (nSPS) is 10.8. The Kier molecular flexibility index (Phi) is 9.26. The molecule has 0 atom stereocenters. The summed E-state index contributed by atoms with van der Waals surface area (Å²) in [4.78, 5) is 6.37. The number of methoxy groups -OCH3 is 1. The first-order valence-electron chi connectivity index (χ1n) is 7.91. The number of hydrogen-bond acceptors (Lipinski definition) is 2. The van der Waals surface area contributed by atoms with Gasteiger partial charge >= 0.3 is 0 Å². The zero-order valence-electron chi connectivity index (χ0n) is 14.8. The van der Waals surface area contributed by atoms with E-state index in [1.165, 1.54) is 17.7 Å². The number of rotatable bonds is 6. The number of benzene rings is 2. The Bertz CT molecular complexity index is 659. The molecule has 1 N–H and O–H groups in total. The fraction of sp³-hybridized carbons (Fsp3) is 0.316. The smallest absolute Gasteiger partial charge is 0.193 e. The molecule has 6 heteroatoms. The van der Waals surface area contributed by atoms with E-state index in [9.17, 15) is 4.39 Å². The zero-order chi connectivity index (χ0) is 17.4. The van der Waals surface area contributed by atoms with Crippen molar-refractivity contribution in [1.82, 2.24) is 10.2 Å². The van der Waals surface area contributed by atoms with E-state index in [2.05, 4.69) is 15.2 Å². The molecule has 0 spiro atoms. The highest BCUT2D eigenvalue weighted by Crippen LogP contribution is 2.12. The summed E-state index contributed by atoms with van der Waals surface area (Å²) >= 11 is 0. The molecule has 0 aliphatic rings. The van der Waals surface area contributed by atoms with Crippen molar-refractivity contribution in [1.29, 1.82) is 0 Å². The average Bonchev–Trinajstić information content (AvgIpc) is 2.61. The summed E-state index contributed by atoms with van der Waals surface area (Å²) in [6.07, 6.45) is 0.815. The van der Waals surface area contributed by atoms with E-state index in [1.807, 2.05) is 31.3 Å². The lowest BCUT2D eigenvalue weighted by Crippen LogP contribution is -2.39. The van der Waals surface area contributed by atoms with Gasteiger partial charge in [0.05, 0.1) is 7.11 Å². The predicted molar refractivity (Wildman–Crippen MR) is 111 cm³/mol. The third-order valence-electron chi connectivity index (χ3n) is 3.76. The summed E-state index contributed by atoms with van der Waals surface area (Å²) in [6, 6.07) is 14.6. The third kappa shape index (κ3) is 6.89. The fourth-order valence-electron chi connectivity index (χ4n) is 2.43. The summed E-state index contributed by atoms with van der Waals surface area (Å²) in [6.45, 7) is 1.49. The Hall–Kier alpha value is -1.83. The highest BCUT2D eigenvalue weighted by atomic mass is 127. The molecule has 0 saturated heterocycles. The summed E-state index contributed by atoms with van der Waals surface area (Å²) in [7, 11) is 5.43. The second-order valence-corrected chi connectivity index (χ2v) is 5.55. The number of nitrogens with one attached hydrogen (secondary N) is 1. The molecule has 0 fully saturated rings. The van der Waals surface area contributed by atoms with Crippen molar-refractivity contribution < 1.29 is 9.13 Å². The van der Waals surface area contributed by atoms with Crippen LogP contribution in [0.5, 0.6) is 5.75 Å². The van der Waals surface area contributed by atoms with E-state index in [0.29, 0.717) is 0 Å². The predicted octanol–water partition coefficient (Wildman–Crippen LogP) is 3.70. The van der Waals surface area contributed by atoms with Gasteiger partial charge in [0.2, 0.25) is 0 Å². The lowest BCUT2D eigenvalue weighted by molar-refractivity contribution is 0.414. The molecule has 0 heterocycles. The van der Waals surface area contributed by atoms with Gasteiger partial charge in [0.15, 0.2) is 5.96 Å². The molecule has 0 radical (unpaired) electrons. The molecule has 136 valence electrons. The first-order valence-corrected chi connectivity index (χ1v) is 7.91. The number of ether oxygens (including phenoxy) is 1. The molecule has 0 aliphatic heterocycles. The summed E-state index contributed by atoms with van der Waals surface area (Å²) in [5, 5.41) is 3.33. The SMILES string of the molecule is CN=C(NCCc1ccc(F)cc1)N(C)Cc1ccc(OC)cc1.I. The van der Waals surface area contributed by atoms with Crippen LogP contribution in [0.15, 0.2) is 53.5 Å². The van der Waals surface area contributed by atoms with Gasteiger partial charge in [-0.05, 0) is 41.8 Å². The highest BCUT2D eigenvalue weighted by Gasteiger charge is 2.06. The van der Waals surface area contributed by atoms with Crippen molar-refractivity contribution in [3.63, 3.8) is 0 Å². The minimum absolute atomic E-state index is 0. The van der Waals surface area contributed by atoms with Crippen molar-refractivity contribution in [3.05, 3.63) is 65.5 Å². The monoisotopic (exact) mass is 457 g/mol. The van der Waals surface area contributed by atoms with Crippen molar-refractivity contribution in [2.75, 3.05) is 27.7 Å². The molecule has 0 amide bonds. The minimum atomic E-state index is -0.207. The molecule has 0 bridgehead atoms. The molecule has 4 nitrogen and oxygen atoms in total. The van der Waals surface area contributed by atoms with Gasteiger partial charge in [0, 0.05) is 27.2 Å². The van der Waals surface area contributed by atoms with Gasteiger partial charge in [-0.2, -0.15) is 0 Å². The van der Waals surface area contributed by atoms with Gasteiger partial charge in [0.1, 0.15) is 11.6 Å². The van der Waals surface area contributed by atoms with E-state index in [-0.39, 0.29) is 29.8 Å². The van der Waals surface area contributed by atoms with E-state index in [0.717, 1.165) is 36.8 Å². The number of aliphatic imine (C=N–C) groups is 1. The molecule has 0 aliphatic carbocycles. The molecule has 0 aromatic heterocycles. The van der Waals surface area contributed by atoms with Crippen LogP contribution in [0.3, 0.4) is 0 Å². The van der Waals surface area contributed by atoms with Crippen LogP contribution in [0.4, 0.5) is 4.39 Å². The number of nitrogens with zero attached hydrogens (tertiary/aromatic N) is 2. The van der Waals surface area contributed by atoms with Crippen LogP contribution in [-0.2, 0) is 13.0 Å². The van der Waals surface area contributed by atoms with Crippen molar-refractivity contribution >= 4 is 29.9 Å². The van der Waals surface area contributed by atoms with Crippen LogP contribution in [0.1, 0.15) is 11.1 Å². The molecule has 25 heavy (non-hydrogen) atoms. The maximum Gasteiger partial charge on any atom is 0.193 e. The van der Waals surface area contributed by atoms with Crippen molar-refractivity contribution in [3.8, 4) is 5.75 Å². The Labute approximate surface area is 166 Å². The fourth-order valence-corrected chi connectivity index (χ4v) is 2.43. The molecule has 2 aromatic carbocycles. The lowest BCUT2D eigenvalue weighted by Gasteiger charge is -2.22. The quantitative estimate of drug-likeness (QED) is 0.409. The maximum atomic E-state index is 12.9. The first-order chi connectivity index (χ1) is 11.6. The second kappa shape index (κ2) is 10.9. The lowest BCUT2D eigenvalue weighted by atomic mass is 10.1.